The highest BCUT2D eigenvalue weighted by Crippen LogP contribution is 2.44. The van der Waals surface area contributed by atoms with Gasteiger partial charge in [-0.3, -0.25) is 0 Å². The van der Waals surface area contributed by atoms with Crippen LogP contribution in [0.1, 0.15) is 38.7 Å². The van der Waals surface area contributed by atoms with Gasteiger partial charge in [0.15, 0.2) is 0 Å². The molecule has 0 aromatic heterocycles. The molecule has 2 rings (SSSR count). The summed E-state index contributed by atoms with van der Waals surface area (Å²) in [6, 6.07) is 6.51. The van der Waals surface area contributed by atoms with E-state index in [1.54, 1.807) is 12.1 Å². The number of allylic oxidation sites excluding steroid dienone is 1. The summed E-state index contributed by atoms with van der Waals surface area (Å²) in [7, 11) is 0. The maximum absolute atomic E-state index is 13.2. The van der Waals surface area contributed by atoms with Crippen molar-refractivity contribution in [1.82, 2.24) is 0 Å². The Morgan fingerprint density at radius 3 is 2.62 bits per heavy atom. The summed E-state index contributed by atoms with van der Waals surface area (Å²) in [5.74, 6) is 0.0335. The lowest BCUT2D eigenvalue weighted by Crippen LogP contribution is -2.46. The van der Waals surface area contributed by atoms with Crippen molar-refractivity contribution < 1.29 is 14.2 Å². The third kappa shape index (κ3) is 3.35. The number of ether oxygens (including phenoxy) is 1. The fourth-order valence-electron chi connectivity index (χ4n) is 3.55. The van der Waals surface area contributed by atoms with Gasteiger partial charge in [0.2, 0.25) is 0 Å². The molecule has 3 heteroatoms. The van der Waals surface area contributed by atoms with Crippen LogP contribution >= 0.6 is 0 Å². The second-order valence-electron chi connectivity index (χ2n) is 6.61. The van der Waals surface area contributed by atoms with Gasteiger partial charge in [0.05, 0.1) is 12.2 Å². The summed E-state index contributed by atoms with van der Waals surface area (Å²) in [5, 5.41) is 10.2. The topological polar surface area (TPSA) is 29.5 Å². The number of rotatable bonds is 5. The minimum absolute atomic E-state index is 0.0331. The summed E-state index contributed by atoms with van der Waals surface area (Å²) < 4.78 is 19.0. The van der Waals surface area contributed by atoms with Gasteiger partial charge in [0.1, 0.15) is 5.82 Å². The Hall–Kier alpha value is -1.19. The van der Waals surface area contributed by atoms with Gasteiger partial charge in [-0.25, -0.2) is 4.39 Å². The lowest BCUT2D eigenvalue weighted by Gasteiger charge is -2.46. The van der Waals surface area contributed by atoms with Crippen LogP contribution in [0.25, 0.3) is 0 Å². The molecule has 0 saturated carbocycles. The zero-order valence-electron chi connectivity index (χ0n) is 12.9. The number of aliphatic hydroxyl groups is 1. The molecule has 0 amide bonds. The van der Waals surface area contributed by atoms with Crippen LogP contribution in [0, 0.1) is 11.7 Å². The predicted octanol–water partition coefficient (Wildman–Crippen LogP) is 3.84. The molecule has 0 spiro atoms. The standard InChI is InChI=1S/C18H25FO2/c1-4-10-18(13-20,14-5-7-16(19)8-6-14)15-9-11-21-17(2,3)12-15/h4-8,15,20H,1,9-13H2,2-3H3. The van der Waals surface area contributed by atoms with Gasteiger partial charge in [0, 0.05) is 12.0 Å². The average molecular weight is 292 g/mol. The van der Waals surface area contributed by atoms with Gasteiger partial charge in [0.25, 0.3) is 0 Å². The van der Waals surface area contributed by atoms with Crippen molar-refractivity contribution in [3.05, 3.63) is 48.3 Å². The smallest absolute Gasteiger partial charge is 0.123 e. The van der Waals surface area contributed by atoms with Crippen LogP contribution in [-0.4, -0.2) is 23.9 Å². The SMILES string of the molecule is C=CCC(CO)(c1ccc(F)cc1)C1CCOC(C)(C)C1. The zero-order chi connectivity index (χ0) is 15.5. The fraction of sp³-hybridized carbons (Fsp3) is 0.556. The predicted molar refractivity (Wildman–Crippen MR) is 82.7 cm³/mol. The first-order valence-corrected chi connectivity index (χ1v) is 7.55. The van der Waals surface area contributed by atoms with E-state index in [4.69, 9.17) is 4.74 Å². The molecule has 2 unspecified atom stereocenters. The Kier molecular flexibility index (Phi) is 4.84. The molecular formula is C18H25FO2. The number of aliphatic hydroxyl groups excluding tert-OH is 1. The van der Waals surface area contributed by atoms with Crippen molar-refractivity contribution in [1.29, 1.82) is 0 Å². The molecule has 116 valence electrons. The van der Waals surface area contributed by atoms with Crippen molar-refractivity contribution in [3.63, 3.8) is 0 Å². The van der Waals surface area contributed by atoms with Crippen molar-refractivity contribution in [2.24, 2.45) is 5.92 Å². The fourth-order valence-corrected chi connectivity index (χ4v) is 3.55. The minimum Gasteiger partial charge on any atom is -0.395 e. The van der Waals surface area contributed by atoms with Crippen LogP contribution in [0.15, 0.2) is 36.9 Å². The number of hydrogen-bond acceptors (Lipinski definition) is 2. The van der Waals surface area contributed by atoms with E-state index in [-0.39, 0.29) is 23.9 Å². The molecule has 1 saturated heterocycles. The molecule has 0 aliphatic carbocycles. The van der Waals surface area contributed by atoms with Crippen LogP contribution in [-0.2, 0) is 10.2 Å². The molecule has 1 heterocycles. The lowest BCUT2D eigenvalue weighted by molar-refractivity contribution is -0.0920. The number of halogens is 1. The molecule has 1 fully saturated rings. The van der Waals surface area contributed by atoms with Crippen LogP contribution in [0.3, 0.4) is 0 Å². The second-order valence-corrected chi connectivity index (χ2v) is 6.61. The summed E-state index contributed by atoms with van der Waals surface area (Å²) >= 11 is 0. The van der Waals surface area contributed by atoms with E-state index in [1.165, 1.54) is 12.1 Å². The van der Waals surface area contributed by atoms with Crippen molar-refractivity contribution in [3.8, 4) is 0 Å². The molecule has 1 aliphatic rings. The highest BCUT2D eigenvalue weighted by atomic mass is 19.1. The van der Waals surface area contributed by atoms with E-state index in [1.807, 2.05) is 6.08 Å². The van der Waals surface area contributed by atoms with Crippen molar-refractivity contribution in [2.45, 2.75) is 44.1 Å². The third-order valence-corrected chi connectivity index (χ3v) is 4.69. The normalized spacial score (nSPS) is 24.3. The maximum Gasteiger partial charge on any atom is 0.123 e. The molecule has 2 nitrogen and oxygen atoms in total. The molecule has 0 bridgehead atoms. The monoisotopic (exact) mass is 292 g/mol. The Labute approximate surface area is 126 Å². The van der Waals surface area contributed by atoms with Crippen LogP contribution in [0.4, 0.5) is 4.39 Å². The Bertz CT molecular complexity index is 480. The minimum atomic E-state index is -0.406. The second kappa shape index (κ2) is 6.29. The molecule has 1 aromatic rings. The highest BCUT2D eigenvalue weighted by Gasteiger charge is 2.43. The van der Waals surface area contributed by atoms with Crippen LogP contribution < -0.4 is 0 Å². The average Bonchev–Trinajstić information content (AvgIpc) is 2.45. The van der Waals surface area contributed by atoms with Crippen molar-refractivity contribution >= 4 is 0 Å². The zero-order valence-corrected chi connectivity index (χ0v) is 12.9. The first-order valence-electron chi connectivity index (χ1n) is 7.55. The van der Waals surface area contributed by atoms with Crippen molar-refractivity contribution in [2.75, 3.05) is 13.2 Å². The van der Waals surface area contributed by atoms with Gasteiger partial charge in [-0.05, 0) is 56.7 Å². The molecule has 2 atom stereocenters. The molecule has 0 radical (unpaired) electrons. The molecule has 21 heavy (non-hydrogen) atoms. The third-order valence-electron chi connectivity index (χ3n) is 4.69. The van der Waals surface area contributed by atoms with E-state index in [9.17, 15) is 9.50 Å². The molecule has 1 aromatic carbocycles. The van der Waals surface area contributed by atoms with E-state index in [2.05, 4.69) is 20.4 Å². The first kappa shape index (κ1) is 16.2. The van der Waals surface area contributed by atoms with Gasteiger partial charge in [-0.1, -0.05) is 18.2 Å². The van der Waals surface area contributed by atoms with E-state index < -0.39 is 5.41 Å². The maximum atomic E-state index is 13.2. The van der Waals surface area contributed by atoms with Gasteiger partial charge in [-0.2, -0.15) is 0 Å². The van der Waals surface area contributed by atoms with Gasteiger partial charge < -0.3 is 9.84 Å². The van der Waals surface area contributed by atoms with Crippen LogP contribution in [0.2, 0.25) is 0 Å². The summed E-state index contributed by atoms with van der Waals surface area (Å²) in [6.45, 7) is 8.74. The summed E-state index contributed by atoms with van der Waals surface area (Å²) in [4.78, 5) is 0. The summed E-state index contributed by atoms with van der Waals surface area (Å²) in [5.41, 5.74) is 0.384. The molecular weight excluding hydrogens is 267 g/mol. The Morgan fingerprint density at radius 2 is 2.10 bits per heavy atom. The largest absolute Gasteiger partial charge is 0.395 e. The van der Waals surface area contributed by atoms with Crippen LogP contribution in [0.5, 0.6) is 0 Å². The highest BCUT2D eigenvalue weighted by molar-refractivity contribution is 5.29. The first-order chi connectivity index (χ1) is 9.93. The summed E-state index contributed by atoms with van der Waals surface area (Å²) in [6.07, 6.45) is 4.30. The van der Waals surface area contributed by atoms with E-state index in [0.717, 1.165) is 18.4 Å². The van der Waals surface area contributed by atoms with E-state index >= 15 is 0 Å². The number of hydrogen-bond donors (Lipinski definition) is 1. The quantitative estimate of drug-likeness (QED) is 0.836. The van der Waals surface area contributed by atoms with Gasteiger partial charge >= 0.3 is 0 Å². The number of benzene rings is 1. The Morgan fingerprint density at radius 1 is 1.43 bits per heavy atom. The van der Waals surface area contributed by atoms with Gasteiger partial charge in [-0.15, -0.1) is 6.58 Å². The molecule has 1 N–H and O–H groups in total. The molecule has 1 aliphatic heterocycles. The lowest BCUT2D eigenvalue weighted by atomic mass is 9.63. The Balaban J connectivity index is 2.40. The van der Waals surface area contributed by atoms with E-state index in [0.29, 0.717) is 13.0 Å².